The van der Waals surface area contributed by atoms with Crippen LogP contribution in [0.5, 0.6) is 0 Å². The second-order valence-electron chi connectivity index (χ2n) is 3.30. The van der Waals surface area contributed by atoms with Crippen LogP contribution in [0.25, 0.3) is 0 Å². The van der Waals surface area contributed by atoms with E-state index in [9.17, 15) is 0 Å². The Morgan fingerprint density at radius 3 is 2.50 bits per heavy atom. The minimum atomic E-state index is 0.0139. The maximum Gasteiger partial charge on any atom is 0.0821 e. The largest absolute Gasteiger partial charge is 0.301 e. The molecule has 0 aromatic carbocycles. The third-order valence-electron chi connectivity index (χ3n) is 2.43. The predicted octanol–water partition coefficient (Wildman–Crippen LogP) is 1.40. The Hall–Kier alpha value is -0.480. The van der Waals surface area contributed by atoms with Crippen LogP contribution in [0.15, 0.2) is 0 Å². The summed E-state index contributed by atoms with van der Waals surface area (Å²) in [5, 5.41) is 3.38. The number of hydrogen-bond acceptors (Lipinski definition) is 1. The summed E-state index contributed by atoms with van der Waals surface area (Å²) in [7, 11) is 0. The van der Waals surface area contributed by atoms with E-state index in [4.69, 9.17) is 6.42 Å². The Kier molecular flexibility index (Phi) is 2.01. The SMILES string of the molecule is C#CC1(C(C)C)CCCN1. The summed E-state index contributed by atoms with van der Waals surface area (Å²) in [5.41, 5.74) is 0.0139. The van der Waals surface area contributed by atoms with Crippen molar-refractivity contribution < 1.29 is 0 Å². The highest BCUT2D eigenvalue weighted by atomic mass is 15.0. The molecule has 1 aliphatic rings. The molecule has 56 valence electrons. The second kappa shape index (κ2) is 2.64. The van der Waals surface area contributed by atoms with Gasteiger partial charge in [0, 0.05) is 0 Å². The van der Waals surface area contributed by atoms with E-state index >= 15 is 0 Å². The molecule has 0 bridgehead atoms. The molecule has 0 radical (unpaired) electrons. The average Bonchev–Trinajstić information content (AvgIpc) is 2.35. The third-order valence-corrected chi connectivity index (χ3v) is 2.43. The van der Waals surface area contributed by atoms with Gasteiger partial charge in [0.1, 0.15) is 0 Å². The van der Waals surface area contributed by atoms with Gasteiger partial charge in [-0.25, -0.2) is 0 Å². The molecule has 1 saturated heterocycles. The van der Waals surface area contributed by atoms with Crippen LogP contribution in [-0.2, 0) is 0 Å². The Balaban J connectivity index is 2.70. The molecule has 0 spiro atoms. The Labute approximate surface area is 63.2 Å². The summed E-state index contributed by atoms with van der Waals surface area (Å²) in [6, 6.07) is 0. The standard InChI is InChI=1S/C9H15N/c1-4-9(8(2)3)6-5-7-10-9/h1,8,10H,5-7H2,2-3H3. The number of nitrogens with one attached hydrogen (secondary N) is 1. The fraction of sp³-hybridized carbons (Fsp3) is 0.778. The first-order chi connectivity index (χ1) is 4.71. The van der Waals surface area contributed by atoms with Crippen LogP contribution in [0.4, 0.5) is 0 Å². The number of terminal acetylenes is 1. The molecular formula is C9H15N. The molecule has 0 amide bonds. The van der Waals surface area contributed by atoms with E-state index in [-0.39, 0.29) is 5.54 Å². The van der Waals surface area contributed by atoms with Crippen molar-refractivity contribution in [2.45, 2.75) is 32.2 Å². The average molecular weight is 137 g/mol. The van der Waals surface area contributed by atoms with Crippen molar-refractivity contribution in [3.05, 3.63) is 0 Å². The van der Waals surface area contributed by atoms with Crippen molar-refractivity contribution in [3.8, 4) is 12.3 Å². The van der Waals surface area contributed by atoms with Crippen molar-refractivity contribution in [2.24, 2.45) is 5.92 Å². The lowest BCUT2D eigenvalue weighted by Crippen LogP contribution is -2.43. The topological polar surface area (TPSA) is 12.0 Å². The van der Waals surface area contributed by atoms with Gasteiger partial charge in [-0.2, -0.15) is 0 Å². The van der Waals surface area contributed by atoms with Crippen LogP contribution in [0.2, 0.25) is 0 Å². The second-order valence-corrected chi connectivity index (χ2v) is 3.30. The third kappa shape index (κ3) is 1.04. The fourth-order valence-electron chi connectivity index (χ4n) is 1.55. The highest BCUT2D eigenvalue weighted by molar-refractivity contribution is 5.16. The van der Waals surface area contributed by atoms with Crippen LogP contribution in [0, 0.1) is 18.3 Å². The maximum atomic E-state index is 5.46. The molecule has 1 unspecified atom stereocenters. The van der Waals surface area contributed by atoms with E-state index in [1.807, 2.05) is 0 Å². The minimum absolute atomic E-state index is 0.0139. The fourth-order valence-corrected chi connectivity index (χ4v) is 1.55. The summed E-state index contributed by atoms with van der Waals surface area (Å²) in [5.74, 6) is 3.42. The Morgan fingerprint density at radius 1 is 1.60 bits per heavy atom. The Bertz CT molecular complexity index is 147. The molecule has 1 heteroatoms. The first kappa shape index (κ1) is 7.63. The van der Waals surface area contributed by atoms with E-state index < -0.39 is 0 Å². The van der Waals surface area contributed by atoms with Gasteiger partial charge < -0.3 is 5.32 Å². The van der Waals surface area contributed by atoms with E-state index in [1.165, 1.54) is 6.42 Å². The maximum absolute atomic E-state index is 5.46. The normalized spacial score (nSPS) is 32.6. The van der Waals surface area contributed by atoms with Crippen LogP contribution in [0.3, 0.4) is 0 Å². The Morgan fingerprint density at radius 2 is 2.30 bits per heavy atom. The van der Waals surface area contributed by atoms with Crippen molar-refractivity contribution in [3.63, 3.8) is 0 Å². The molecule has 0 saturated carbocycles. The zero-order chi connectivity index (χ0) is 7.61. The molecule has 1 nitrogen and oxygen atoms in total. The molecule has 1 N–H and O–H groups in total. The van der Waals surface area contributed by atoms with Crippen LogP contribution in [-0.4, -0.2) is 12.1 Å². The smallest absolute Gasteiger partial charge is 0.0821 e. The van der Waals surface area contributed by atoms with Gasteiger partial charge in [-0.3, -0.25) is 0 Å². The molecule has 0 aliphatic carbocycles. The van der Waals surface area contributed by atoms with Gasteiger partial charge >= 0.3 is 0 Å². The monoisotopic (exact) mass is 137 g/mol. The van der Waals surface area contributed by atoms with Crippen molar-refractivity contribution in [2.75, 3.05) is 6.54 Å². The van der Waals surface area contributed by atoms with Crippen LogP contribution < -0.4 is 5.32 Å². The zero-order valence-electron chi connectivity index (χ0n) is 6.78. The first-order valence-corrected chi connectivity index (χ1v) is 3.94. The van der Waals surface area contributed by atoms with E-state index in [0.717, 1.165) is 13.0 Å². The molecule has 1 heterocycles. The summed E-state index contributed by atoms with van der Waals surface area (Å²) < 4.78 is 0. The van der Waals surface area contributed by atoms with Gasteiger partial charge in [0.2, 0.25) is 0 Å². The predicted molar refractivity (Wildman–Crippen MR) is 43.6 cm³/mol. The quantitative estimate of drug-likeness (QED) is 0.539. The lowest BCUT2D eigenvalue weighted by Gasteiger charge is -2.27. The van der Waals surface area contributed by atoms with Gasteiger partial charge in [0.25, 0.3) is 0 Å². The van der Waals surface area contributed by atoms with Gasteiger partial charge in [0.05, 0.1) is 5.54 Å². The van der Waals surface area contributed by atoms with Crippen molar-refractivity contribution >= 4 is 0 Å². The molecule has 1 aliphatic heterocycles. The molecule has 10 heavy (non-hydrogen) atoms. The number of rotatable bonds is 1. The minimum Gasteiger partial charge on any atom is -0.301 e. The van der Waals surface area contributed by atoms with Gasteiger partial charge in [-0.05, 0) is 25.3 Å². The summed E-state index contributed by atoms with van der Waals surface area (Å²) in [4.78, 5) is 0. The van der Waals surface area contributed by atoms with Gasteiger partial charge in [0.15, 0.2) is 0 Å². The number of hydrogen-bond donors (Lipinski definition) is 1. The van der Waals surface area contributed by atoms with Crippen molar-refractivity contribution in [1.29, 1.82) is 0 Å². The lowest BCUT2D eigenvalue weighted by atomic mass is 9.86. The summed E-state index contributed by atoms with van der Waals surface area (Å²) in [6.07, 6.45) is 7.82. The highest BCUT2D eigenvalue weighted by Gasteiger charge is 2.33. The lowest BCUT2D eigenvalue weighted by molar-refractivity contribution is 0.359. The summed E-state index contributed by atoms with van der Waals surface area (Å²) >= 11 is 0. The van der Waals surface area contributed by atoms with E-state index in [1.54, 1.807) is 0 Å². The van der Waals surface area contributed by atoms with E-state index in [2.05, 4.69) is 25.1 Å². The first-order valence-electron chi connectivity index (χ1n) is 3.94. The molecule has 1 rings (SSSR count). The molecule has 1 fully saturated rings. The van der Waals surface area contributed by atoms with E-state index in [0.29, 0.717) is 5.92 Å². The van der Waals surface area contributed by atoms with Crippen LogP contribution in [0.1, 0.15) is 26.7 Å². The highest BCUT2D eigenvalue weighted by Crippen LogP contribution is 2.26. The molecule has 0 aromatic heterocycles. The molecule has 1 atom stereocenters. The van der Waals surface area contributed by atoms with Crippen molar-refractivity contribution in [1.82, 2.24) is 5.32 Å². The molecular weight excluding hydrogens is 122 g/mol. The van der Waals surface area contributed by atoms with Gasteiger partial charge in [-0.1, -0.05) is 19.8 Å². The van der Waals surface area contributed by atoms with Crippen LogP contribution >= 0.6 is 0 Å². The van der Waals surface area contributed by atoms with Gasteiger partial charge in [-0.15, -0.1) is 6.42 Å². The summed E-state index contributed by atoms with van der Waals surface area (Å²) in [6.45, 7) is 5.44. The molecule has 0 aromatic rings. The zero-order valence-corrected chi connectivity index (χ0v) is 6.78.